The summed E-state index contributed by atoms with van der Waals surface area (Å²) in [7, 11) is 0. The van der Waals surface area contributed by atoms with Gasteiger partial charge >= 0.3 is 0 Å². The van der Waals surface area contributed by atoms with Crippen molar-refractivity contribution in [3.63, 3.8) is 0 Å². The summed E-state index contributed by atoms with van der Waals surface area (Å²) in [6.07, 6.45) is 6.78. The van der Waals surface area contributed by atoms with Crippen LogP contribution in [-0.2, 0) is 6.42 Å². The normalized spacial score (nSPS) is 27.6. The number of nitrogens with zero attached hydrogens (tertiary/aromatic N) is 1. The number of para-hydroxylation sites is 1. The fourth-order valence-corrected chi connectivity index (χ4v) is 3.61. The first-order valence-electron chi connectivity index (χ1n) is 7.92. The molecule has 2 heterocycles. The molecule has 1 saturated heterocycles. The van der Waals surface area contributed by atoms with E-state index in [-0.39, 0.29) is 0 Å². The highest BCUT2D eigenvalue weighted by Crippen LogP contribution is 2.26. The van der Waals surface area contributed by atoms with Crippen molar-refractivity contribution in [3.8, 4) is 0 Å². The van der Waals surface area contributed by atoms with Crippen LogP contribution in [0.1, 0.15) is 38.2 Å². The standard InChI is InChI=1S/C17H26N2/c1-2-14-6-5-10-19(11-9-14)13-16-12-15-7-3-4-8-17(15)18-16/h3-4,7-8,14,16,18H,2,5-6,9-13H2,1H3. The van der Waals surface area contributed by atoms with Gasteiger partial charge in [0.25, 0.3) is 0 Å². The molecule has 0 aliphatic carbocycles. The van der Waals surface area contributed by atoms with Gasteiger partial charge in [-0.3, -0.25) is 0 Å². The van der Waals surface area contributed by atoms with Crippen LogP contribution in [0, 0.1) is 5.92 Å². The Bertz CT molecular complexity index is 390. The topological polar surface area (TPSA) is 15.3 Å². The third-order valence-corrected chi connectivity index (χ3v) is 4.84. The van der Waals surface area contributed by atoms with Crippen molar-refractivity contribution >= 4 is 5.69 Å². The molecule has 2 aliphatic rings. The Balaban J connectivity index is 1.53. The number of rotatable bonds is 3. The van der Waals surface area contributed by atoms with Gasteiger partial charge in [-0.05, 0) is 56.3 Å². The van der Waals surface area contributed by atoms with Gasteiger partial charge in [-0.1, -0.05) is 31.5 Å². The van der Waals surface area contributed by atoms with Crippen molar-refractivity contribution in [2.24, 2.45) is 5.92 Å². The third-order valence-electron chi connectivity index (χ3n) is 4.84. The fraction of sp³-hybridized carbons (Fsp3) is 0.647. The molecule has 1 N–H and O–H groups in total. The van der Waals surface area contributed by atoms with Crippen molar-refractivity contribution in [3.05, 3.63) is 29.8 Å². The highest BCUT2D eigenvalue weighted by atomic mass is 15.2. The molecule has 0 amide bonds. The van der Waals surface area contributed by atoms with Crippen molar-refractivity contribution in [1.29, 1.82) is 0 Å². The highest BCUT2D eigenvalue weighted by molar-refractivity contribution is 5.56. The van der Waals surface area contributed by atoms with E-state index in [0.717, 1.165) is 5.92 Å². The highest BCUT2D eigenvalue weighted by Gasteiger charge is 2.23. The van der Waals surface area contributed by atoms with Crippen LogP contribution in [0.3, 0.4) is 0 Å². The number of likely N-dealkylation sites (tertiary alicyclic amines) is 1. The van der Waals surface area contributed by atoms with Gasteiger partial charge in [-0.15, -0.1) is 0 Å². The fourth-order valence-electron chi connectivity index (χ4n) is 3.61. The maximum Gasteiger partial charge on any atom is 0.0429 e. The van der Waals surface area contributed by atoms with Gasteiger partial charge in [0.15, 0.2) is 0 Å². The minimum atomic E-state index is 0.621. The lowest BCUT2D eigenvalue weighted by Gasteiger charge is -2.24. The quantitative estimate of drug-likeness (QED) is 0.892. The van der Waals surface area contributed by atoms with E-state index in [1.807, 2.05) is 0 Å². The molecular formula is C17H26N2. The lowest BCUT2D eigenvalue weighted by molar-refractivity contribution is 0.269. The van der Waals surface area contributed by atoms with Crippen LogP contribution in [0.25, 0.3) is 0 Å². The van der Waals surface area contributed by atoms with Crippen LogP contribution in [0.2, 0.25) is 0 Å². The second-order valence-electron chi connectivity index (χ2n) is 6.21. The smallest absolute Gasteiger partial charge is 0.0429 e. The Labute approximate surface area is 117 Å². The van der Waals surface area contributed by atoms with Gasteiger partial charge in [0, 0.05) is 18.3 Å². The molecule has 0 bridgehead atoms. The van der Waals surface area contributed by atoms with Gasteiger partial charge in [0.2, 0.25) is 0 Å². The Morgan fingerprint density at radius 2 is 2.11 bits per heavy atom. The van der Waals surface area contributed by atoms with E-state index in [9.17, 15) is 0 Å². The molecule has 2 aliphatic heterocycles. The molecule has 1 aromatic rings. The molecule has 1 fully saturated rings. The summed E-state index contributed by atoms with van der Waals surface area (Å²) < 4.78 is 0. The monoisotopic (exact) mass is 258 g/mol. The van der Waals surface area contributed by atoms with Crippen molar-refractivity contribution < 1.29 is 0 Å². The molecule has 1 aromatic carbocycles. The summed E-state index contributed by atoms with van der Waals surface area (Å²) in [5.41, 5.74) is 2.85. The van der Waals surface area contributed by atoms with Crippen LogP contribution in [0.4, 0.5) is 5.69 Å². The number of anilines is 1. The predicted octanol–water partition coefficient (Wildman–Crippen LogP) is 3.54. The van der Waals surface area contributed by atoms with E-state index in [1.54, 1.807) is 0 Å². The van der Waals surface area contributed by atoms with Gasteiger partial charge in [0.05, 0.1) is 0 Å². The van der Waals surface area contributed by atoms with E-state index < -0.39 is 0 Å². The molecule has 0 spiro atoms. The molecule has 3 rings (SSSR count). The molecule has 104 valence electrons. The largest absolute Gasteiger partial charge is 0.380 e. The van der Waals surface area contributed by atoms with Crippen molar-refractivity contribution in [2.45, 2.75) is 45.1 Å². The zero-order valence-corrected chi connectivity index (χ0v) is 12.1. The Kier molecular flexibility index (Phi) is 4.07. The van der Waals surface area contributed by atoms with Crippen molar-refractivity contribution in [1.82, 2.24) is 4.90 Å². The van der Waals surface area contributed by atoms with Crippen molar-refractivity contribution in [2.75, 3.05) is 25.0 Å². The summed E-state index contributed by atoms with van der Waals surface area (Å²) in [5, 5.41) is 3.69. The predicted molar refractivity (Wildman–Crippen MR) is 81.6 cm³/mol. The van der Waals surface area contributed by atoms with Crippen LogP contribution < -0.4 is 5.32 Å². The molecule has 0 radical (unpaired) electrons. The Morgan fingerprint density at radius 3 is 2.95 bits per heavy atom. The second kappa shape index (κ2) is 5.96. The average Bonchev–Trinajstić information content (AvgIpc) is 2.70. The zero-order chi connectivity index (χ0) is 13.1. The van der Waals surface area contributed by atoms with Crippen LogP contribution in [-0.4, -0.2) is 30.6 Å². The van der Waals surface area contributed by atoms with E-state index in [1.165, 1.54) is 63.0 Å². The first-order chi connectivity index (χ1) is 9.35. The number of nitrogens with one attached hydrogen (secondary N) is 1. The molecule has 0 saturated carbocycles. The minimum Gasteiger partial charge on any atom is -0.380 e. The minimum absolute atomic E-state index is 0.621. The maximum atomic E-state index is 3.69. The van der Waals surface area contributed by atoms with E-state index in [2.05, 4.69) is 41.4 Å². The van der Waals surface area contributed by atoms with Gasteiger partial charge in [-0.25, -0.2) is 0 Å². The molecule has 2 unspecified atom stereocenters. The van der Waals surface area contributed by atoms with Crippen LogP contribution in [0.15, 0.2) is 24.3 Å². The number of benzene rings is 1. The summed E-state index contributed by atoms with van der Waals surface area (Å²) in [5.74, 6) is 0.971. The molecule has 2 heteroatoms. The van der Waals surface area contributed by atoms with E-state index in [0.29, 0.717) is 6.04 Å². The number of fused-ring (bicyclic) bond motifs is 1. The number of hydrogen-bond donors (Lipinski definition) is 1. The van der Waals surface area contributed by atoms with Crippen LogP contribution in [0.5, 0.6) is 0 Å². The van der Waals surface area contributed by atoms with Crippen LogP contribution >= 0.6 is 0 Å². The SMILES string of the molecule is CCC1CCCN(CC2Cc3ccccc3N2)CC1. The molecule has 2 atom stereocenters. The lowest BCUT2D eigenvalue weighted by atomic mass is 9.98. The first kappa shape index (κ1) is 13.0. The summed E-state index contributed by atoms with van der Waals surface area (Å²) in [6.45, 7) is 6.15. The zero-order valence-electron chi connectivity index (χ0n) is 12.1. The Morgan fingerprint density at radius 1 is 1.21 bits per heavy atom. The first-order valence-corrected chi connectivity index (χ1v) is 7.92. The summed E-state index contributed by atoms with van der Waals surface area (Å²) >= 11 is 0. The van der Waals surface area contributed by atoms with Gasteiger partial charge in [0.1, 0.15) is 0 Å². The average molecular weight is 258 g/mol. The third kappa shape index (κ3) is 3.11. The van der Waals surface area contributed by atoms with E-state index in [4.69, 9.17) is 0 Å². The summed E-state index contributed by atoms with van der Waals surface area (Å²) in [6, 6.07) is 9.38. The Hall–Kier alpha value is -1.02. The number of hydrogen-bond acceptors (Lipinski definition) is 2. The molecule has 0 aromatic heterocycles. The van der Waals surface area contributed by atoms with E-state index >= 15 is 0 Å². The van der Waals surface area contributed by atoms with Gasteiger partial charge < -0.3 is 10.2 Å². The van der Waals surface area contributed by atoms with Gasteiger partial charge in [-0.2, -0.15) is 0 Å². The molecule has 19 heavy (non-hydrogen) atoms. The lowest BCUT2D eigenvalue weighted by Crippen LogP contribution is -2.36. The molecular weight excluding hydrogens is 232 g/mol. The maximum absolute atomic E-state index is 3.69. The molecule has 2 nitrogen and oxygen atoms in total. The summed E-state index contributed by atoms with van der Waals surface area (Å²) in [4.78, 5) is 2.68. The second-order valence-corrected chi connectivity index (χ2v) is 6.21.